The van der Waals surface area contributed by atoms with Crippen LogP contribution in [0.4, 0.5) is 0 Å². The van der Waals surface area contributed by atoms with Crippen LogP contribution >= 0.6 is 0 Å². The minimum Gasteiger partial charge on any atom is -0.295 e. The van der Waals surface area contributed by atoms with Gasteiger partial charge in [0, 0.05) is 35.7 Å². The Morgan fingerprint density at radius 2 is 1.71 bits per heavy atom. The zero-order valence-electron chi connectivity index (χ0n) is 21.1. The lowest BCUT2D eigenvalue weighted by Crippen LogP contribution is -2.28. The summed E-state index contributed by atoms with van der Waals surface area (Å²) in [6.07, 6.45) is 6.41. The molecule has 5 heteroatoms. The summed E-state index contributed by atoms with van der Waals surface area (Å²) in [5.41, 5.74) is 8.63. The molecule has 0 fully saturated rings. The van der Waals surface area contributed by atoms with E-state index in [-0.39, 0.29) is 6.04 Å². The van der Waals surface area contributed by atoms with E-state index in [1.807, 2.05) is 13.0 Å². The number of hydrogen-bond acceptors (Lipinski definition) is 4. The van der Waals surface area contributed by atoms with E-state index in [1.165, 1.54) is 28.5 Å². The summed E-state index contributed by atoms with van der Waals surface area (Å²) in [6.45, 7) is 6.77. The predicted molar refractivity (Wildman–Crippen MR) is 140 cm³/mol. The van der Waals surface area contributed by atoms with Gasteiger partial charge in [0.2, 0.25) is 0 Å². The molecule has 1 aliphatic rings. The summed E-state index contributed by atoms with van der Waals surface area (Å²) in [6, 6.07) is 17.1. The van der Waals surface area contributed by atoms with Crippen LogP contribution in [0, 0.1) is 6.92 Å². The van der Waals surface area contributed by atoms with Crippen molar-refractivity contribution in [3.8, 4) is 11.3 Å². The van der Waals surface area contributed by atoms with Gasteiger partial charge in [-0.2, -0.15) is 0 Å². The molecule has 0 radical (unpaired) electrons. The fourth-order valence-electron chi connectivity index (χ4n) is 5.44. The molecular weight excluding hydrogens is 440 g/mol. The van der Waals surface area contributed by atoms with Gasteiger partial charge >= 0.3 is 0 Å². The molecule has 0 bridgehead atoms. The molecule has 3 aromatic rings. The molecule has 1 aliphatic carbocycles. The van der Waals surface area contributed by atoms with Gasteiger partial charge in [0.1, 0.15) is 0 Å². The van der Waals surface area contributed by atoms with Crippen LogP contribution in [0.5, 0.6) is 0 Å². The average Bonchev–Trinajstić information content (AvgIpc) is 2.83. The Morgan fingerprint density at radius 3 is 2.35 bits per heavy atom. The molecule has 2 aromatic carbocycles. The summed E-state index contributed by atoms with van der Waals surface area (Å²) < 4.78 is 26.0. The minimum atomic E-state index is -3.43. The van der Waals surface area contributed by atoms with Crippen molar-refractivity contribution in [1.82, 2.24) is 9.88 Å². The lowest BCUT2D eigenvalue weighted by atomic mass is 9.87. The van der Waals surface area contributed by atoms with E-state index in [4.69, 9.17) is 4.98 Å². The third kappa shape index (κ3) is 4.82. The van der Waals surface area contributed by atoms with Gasteiger partial charge in [0.25, 0.3) is 0 Å². The second-order valence-electron chi connectivity index (χ2n) is 9.52. The number of aromatic nitrogens is 1. The first-order valence-electron chi connectivity index (χ1n) is 12.3. The Kier molecular flexibility index (Phi) is 7.25. The molecule has 4 nitrogen and oxygen atoms in total. The first kappa shape index (κ1) is 24.6. The van der Waals surface area contributed by atoms with Gasteiger partial charge in [0.05, 0.1) is 10.6 Å². The van der Waals surface area contributed by atoms with E-state index in [1.54, 1.807) is 0 Å². The van der Waals surface area contributed by atoms with E-state index in [0.29, 0.717) is 11.4 Å². The summed E-state index contributed by atoms with van der Waals surface area (Å²) in [5, 5.41) is 0. The maximum Gasteiger partial charge on any atom is 0.175 e. The van der Waals surface area contributed by atoms with Crippen LogP contribution in [0.2, 0.25) is 0 Å². The van der Waals surface area contributed by atoms with E-state index in [0.717, 1.165) is 54.6 Å². The molecule has 1 aromatic heterocycles. The Labute approximate surface area is 205 Å². The Hall–Kier alpha value is -2.50. The van der Waals surface area contributed by atoms with Gasteiger partial charge in [-0.1, -0.05) is 56.3 Å². The zero-order valence-corrected chi connectivity index (χ0v) is 21.9. The van der Waals surface area contributed by atoms with Crippen molar-refractivity contribution in [1.29, 1.82) is 0 Å². The molecule has 1 unspecified atom stereocenters. The summed E-state index contributed by atoms with van der Waals surface area (Å²) in [7, 11) is -1.32. The summed E-state index contributed by atoms with van der Waals surface area (Å²) in [4.78, 5) is 7.69. The Bertz CT molecular complexity index is 1280. The van der Waals surface area contributed by atoms with Crippen molar-refractivity contribution >= 4 is 9.84 Å². The number of aryl methyl sites for hydroxylation is 4. The van der Waals surface area contributed by atoms with Crippen LogP contribution in [0.15, 0.2) is 53.4 Å². The van der Waals surface area contributed by atoms with Crippen LogP contribution in [-0.4, -0.2) is 31.6 Å². The molecule has 4 rings (SSSR count). The van der Waals surface area contributed by atoms with Crippen LogP contribution in [-0.2, 0) is 35.6 Å². The number of rotatable bonds is 7. The second-order valence-corrected chi connectivity index (χ2v) is 11.5. The lowest BCUT2D eigenvalue weighted by Gasteiger charge is -2.34. The third-order valence-corrected chi connectivity index (χ3v) is 8.39. The van der Waals surface area contributed by atoms with Crippen molar-refractivity contribution in [2.45, 2.75) is 70.4 Å². The van der Waals surface area contributed by atoms with Crippen LogP contribution in [0.25, 0.3) is 11.3 Å². The molecule has 0 spiro atoms. The fourth-order valence-corrected chi connectivity index (χ4v) is 6.42. The molecule has 0 aliphatic heterocycles. The van der Waals surface area contributed by atoms with Gasteiger partial charge < -0.3 is 0 Å². The average molecular weight is 477 g/mol. The highest BCUT2D eigenvalue weighted by atomic mass is 32.2. The molecule has 0 saturated carbocycles. The quantitative estimate of drug-likeness (QED) is 0.414. The minimum absolute atomic E-state index is 0.281. The maximum atomic E-state index is 13.0. The highest BCUT2D eigenvalue weighted by Gasteiger charge is 2.27. The van der Waals surface area contributed by atoms with Crippen LogP contribution < -0.4 is 0 Å². The van der Waals surface area contributed by atoms with Gasteiger partial charge in [0.15, 0.2) is 9.84 Å². The molecular formula is C29H36N2O2S. The fraction of sp³-hybridized carbons (Fsp3) is 0.414. The van der Waals surface area contributed by atoms with E-state index in [2.05, 4.69) is 68.3 Å². The van der Waals surface area contributed by atoms with Gasteiger partial charge in [-0.15, -0.1) is 0 Å². The molecule has 1 heterocycles. The molecule has 180 valence electrons. The zero-order chi connectivity index (χ0) is 24.5. The summed E-state index contributed by atoms with van der Waals surface area (Å²) in [5.74, 6) is 0. The van der Waals surface area contributed by atoms with Crippen molar-refractivity contribution in [2.24, 2.45) is 0 Å². The maximum absolute atomic E-state index is 13.0. The Morgan fingerprint density at radius 1 is 1.03 bits per heavy atom. The number of benzene rings is 2. The molecule has 0 N–H and O–H groups in total. The second kappa shape index (κ2) is 10.0. The third-order valence-electron chi connectivity index (χ3n) is 7.22. The molecule has 34 heavy (non-hydrogen) atoms. The number of fused-ring (bicyclic) bond motifs is 1. The summed E-state index contributed by atoms with van der Waals surface area (Å²) >= 11 is 0. The standard InChI is InChI=1S/C29H36N2O2S/c1-6-21-13-10-14-22(7-2)29(21)26-18-28(34(5,32)33)25(20(3)30-26)19-31(4)27-17-11-15-23-12-8-9-16-24(23)27/h8-10,12-14,16,18,27H,6-7,11,15,17,19H2,1-5H3. The molecule has 0 amide bonds. The van der Waals surface area contributed by atoms with Crippen LogP contribution in [0.1, 0.15) is 66.2 Å². The van der Waals surface area contributed by atoms with Gasteiger partial charge in [-0.05, 0) is 74.4 Å². The number of pyridine rings is 1. The molecule has 1 atom stereocenters. The predicted octanol–water partition coefficient (Wildman–Crippen LogP) is 6.09. The SMILES string of the molecule is CCc1cccc(CC)c1-c1cc(S(C)(=O)=O)c(CN(C)C2CCCc3ccccc32)c(C)n1. The monoisotopic (exact) mass is 476 g/mol. The number of nitrogens with zero attached hydrogens (tertiary/aromatic N) is 2. The van der Waals surface area contributed by atoms with Gasteiger partial charge in [-0.25, -0.2) is 8.42 Å². The highest BCUT2D eigenvalue weighted by molar-refractivity contribution is 7.90. The van der Waals surface area contributed by atoms with E-state index >= 15 is 0 Å². The van der Waals surface area contributed by atoms with Crippen LogP contribution in [0.3, 0.4) is 0 Å². The number of sulfone groups is 1. The van der Waals surface area contributed by atoms with E-state index in [9.17, 15) is 8.42 Å². The normalized spacial score (nSPS) is 16.0. The first-order chi connectivity index (χ1) is 16.2. The number of hydrogen-bond donors (Lipinski definition) is 0. The van der Waals surface area contributed by atoms with Gasteiger partial charge in [-0.3, -0.25) is 9.88 Å². The largest absolute Gasteiger partial charge is 0.295 e. The topological polar surface area (TPSA) is 50.3 Å². The lowest BCUT2D eigenvalue weighted by molar-refractivity contribution is 0.211. The van der Waals surface area contributed by atoms with Crippen molar-refractivity contribution in [3.63, 3.8) is 0 Å². The van der Waals surface area contributed by atoms with Crippen molar-refractivity contribution in [2.75, 3.05) is 13.3 Å². The van der Waals surface area contributed by atoms with Crippen molar-refractivity contribution < 1.29 is 8.42 Å². The first-order valence-corrected chi connectivity index (χ1v) is 14.2. The smallest absolute Gasteiger partial charge is 0.175 e. The van der Waals surface area contributed by atoms with Crippen molar-refractivity contribution in [3.05, 3.63) is 82.0 Å². The Balaban J connectivity index is 1.79. The van der Waals surface area contributed by atoms with E-state index < -0.39 is 9.84 Å². The highest BCUT2D eigenvalue weighted by Crippen LogP contribution is 2.36. The molecule has 0 saturated heterocycles.